The Morgan fingerprint density at radius 1 is 1.39 bits per heavy atom. The number of ether oxygens (including phenoxy) is 1. The molecule has 0 radical (unpaired) electrons. The van der Waals surface area contributed by atoms with Gasteiger partial charge in [0.25, 0.3) is 0 Å². The number of carbonyl (C=O) groups is 1. The largest absolute Gasteiger partial charge is 0.444 e. The fraction of sp³-hybridized carbons (Fsp3) is 0.750. The number of aryl methyl sites for hydroxylation is 1. The molecule has 160 valence electrons. The third kappa shape index (κ3) is 8.91. The molecule has 1 heterocycles. The first-order chi connectivity index (χ1) is 13.1. The number of amides is 1. The molecule has 8 heteroatoms. The Morgan fingerprint density at radius 3 is 2.57 bits per heavy atom. The summed E-state index contributed by atoms with van der Waals surface area (Å²) in [5, 5.41) is 7.41. The van der Waals surface area contributed by atoms with E-state index in [0.29, 0.717) is 12.5 Å². The molecule has 1 rings (SSSR count). The zero-order valence-corrected chi connectivity index (χ0v) is 19.4. The van der Waals surface area contributed by atoms with E-state index >= 15 is 0 Å². The fourth-order valence-electron chi connectivity index (χ4n) is 2.60. The molecule has 1 aromatic rings. The van der Waals surface area contributed by atoms with Gasteiger partial charge in [0.2, 0.25) is 0 Å². The number of thiazole rings is 1. The van der Waals surface area contributed by atoms with Crippen LogP contribution in [-0.2, 0) is 17.7 Å². The van der Waals surface area contributed by atoms with E-state index in [1.807, 2.05) is 34.0 Å². The number of nitrogens with one attached hydrogen (secondary N) is 2. The summed E-state index contributed by atoms with van der Waals surface area (Å²) in [7, 11) is 3.77. The van der Waals surface area contributed by atoms with Crippen LogP contribution in [0.2, 0.25) is 0 Å². The second kappa shape index (κ2) is 11.2. The molecule has 0 bridgehead atoms. The summed E-state index contributed by atoms with van der Waals surface area (Å²) in [5.41, 5.74) is -0.498. The normalized spacial score (nSPS) is 13.4. The van der Waals surface area contributed by atoms with Gasteiger partial charge in [0.05, 0.1) is 6.54 Å². The van der Waals surface area contributed by atoms with Crippen LogP contribution in [0.3, 0.4) is 0 Å². The highest BCUT2D eigenvalue weighted by atomic mass is 32.1. The summed E-state index contributed by atoms with van der Waals surface area (Å²) >= 11 is 1.72. The second-order valence-electron chi connectivity index (χ2n) is 8.18. The van der Waals surface area contributed by atoms with Crippen LogP contribution in [-0.4, -0.2) is 54.2 Å². The third-order valence-corrected chi connectivity index (χ3v) is 5.35. The maximum atomic E-state index is 12.1. The van der Waals surface area contributed by atoms with Crippen molar-refractivity contribution in [2.75, 3.05) is 20.6 Å². The maximum Gasteiger partial charge on any atom is 0.407 e. The van der Waals surface area contributed by atoms with Crippen LogP contribution in [0.15, 0.2) is 11.2 Å². The molecular weight excluding hydrogens is 374 g/mol. The average molecular weight is 412 g/mol. The lowest BCUT2D eigenvalue weighted by molar-refractivity contribution is 0.0486. The smallest absolute Gasteiger partial charge is 0.407 e. The van der Waals surface area contributed by atoms with Crippen LogP contribution in [0.1, 0.15) is 57.8 Å². The molecule has 1 unspecified atom stereocenters. The fourth-order valence-corrected chi connectivity index (χ4v) is 3.40. The predicted molar refractivity (Wildman–Crippen MR) is 117 cm³/mol. The summed E-state index contributed by atoms with van der Waals surface area (Å²) in [4.78, 5) is 24.3. The van der Waals surface area contributed by atoms with Gasteiger partial charge in [-0.3, -0.25) is 4.99 Å². The molecule has 1 amide bonds. The van der Waals surface area contributed by atoms with Crippen molar-refractivity contribution in [3.05, 3.63) is 16.1 Å². The van der Waals surface area contributed by atoms with Crippen molar-refractivity contribution in [3.8, 4) is 0 Å². The lowest BCUT2D eigenvalue weighted by Gasteiger charge is -2.28. The molecular formula is C20H37N5O2S. The highest BCUT2D eigenvalue weighted by Crippen LogP contribution is 2.13. The van der Waals surface area contributed by atoms with Gasteiger partial charge in [-0.05, 0) is 39.5 Å². The van der Waals surface area contributed by atoms with E-state index in [1.54, 1.807) is 18.4 Å². The third-order valence-electron chi connectivity index (χ3n) is 4.20. The Balaban J connectivity index is 2.54. The van der Waals surface area contributed by atoms with Gasteiger partial charge < -0.3 is 20.3 Å². The first kappa shape index (κ1) is 24.2. The van der Waals surface area contributed by atoms with Crippen molar-refractivity contribution in [2.24, 2.45) is 10.9 Å². The van der Waals surface area contributed by atoms with Crippen LogP contribution in [0, 0.1) is 5.92 Å². The van der Waals surface area contributed by atoms with Gasteiger partial charge in [-0.2, -0.15) is 0 Å². The number of guanidine groups is 1. The molecule has 7 nitrogen and oxygen atoms in total. The van der Waals surface area contributed by atoms with Crippen LogP contribution in [0.25, 0.3) is 0 Å². The molecule has 0 aliphatic heterocycles. The van der Waals surface area contributed by atoms with Crippen molar-refractivity contribution < 1.29 is 9.53 Å². The molecule has 0 aliphatic carbocycles. The molecule has 0 aromatic carbocycles. The zero-order chi connectivity index (χ0) is 21.3. The summed E-state index contributed by atoms with van der Waals surface area (Å²) < 4.78 is 5.39. The van der Waals surface area contributed by atoms with Crippen molar-refractivity contribution >= 4 is 23.4 Å². The topological polar surface area (TPSA) is 78.9 Å². The number of hydrogen-bond acceptors (Lipinski definition) is 5. The summed E-state index contributed by atoms with van der Waals surface area (Å²) in [5.74, 6) is 1.12. The van der Waals surface area contributed by atoms with E-state index in [-0.39, 0.29) is 12.1 Å². The minimum absolute atomic E-state index is 0.0291. The highest BCUT2D eigenvalue weighted by Gasteiger charge is 2.22. The zero-order valence-electron chi connectivity index (χ0n) is 18.6. The van der Waals surface area contributed by atoms with E-state index in [0.717, 1.165) is 30.4 Å². The standard InChI is InChI=1S/C20H37N5O2S/c1-9-15-12-22-17(28-15)13-23-18(21-7)25(8)11-10-16(14(2)3)24-19(26)27-20(4,5)6/h12,14,16H,9-11,13H2,1-8H3,(H,21,23)(H,24,26). The minimum Gasteiger partial charge on any atom is -0.444 e. The Hall–Kier alpha value is -1.83. The first-order valence-corrected chi connectivity index (χ1v) is 10.7. The van der Waals surface area contributed by atoms with Crippen LogP contribution >= 0.6 is 11.3 Å². The van der Waals surface area contributed by atoms with Crippen LogP contribution in [0.4, 0.5) is 4.79 Å². The Bertz CT molecular complexity index is 637. The number of nitrogens with zero attached hydrogens (tertiary/aromatic N) is 3. The van der Waals surface area contributed by atoms with E-state index in [9.17, 15) is 4.79 Å². The lowest BCUT2D eigenvalue weighted by Crippen LogP contribution is -2.45. The van der Waals surface area contributed by atoms with Crippen molar-refractivity contribution in [2.45, 2.75) is 72.6 Å². The molecule has 28 heavy (non-hydrogen) atoms. The van der Waals surface area contributed by atoms with Gasteiger partial charge in [0.15, 0.2) is 5.96 Å². The summed E-state index contributed by atoms with van der Waals surface area (Å²) in [6.45, 7) is 13.4. The molecule has 0 saturated heterocycles. The molecule has 0 saturated carbocycles. The number of aromatic nitrogens is 1. The van der Waals surface area contributed by atoms with Gasteiger partial charge in [-0.1, -0.05) is 20.8 Å². The van der Waals surface area contributed by atoms with Crippen LogP contribution in [0.5, 0.6) is 0 Å². The molecule has 0 spiro atoms. The Labute approximate surface area is 174 Å². The molecule has 0 fully saturated rings. The van der Waals surface area contributed by atoms with Crippen molar-refractivity contribution in [3.63, 3.8) is 0 Å². The van der Waals surface area contributed by atoms with Crippen LogP contribution < -0.4 is 10.6 Å². The van der Waals surface area contributed by atoms with Crippen molar-refractivity contribution in [1.29, 1.82) is 0 Å². The maximum absolute atomic E-state index is 12.1. The average Bonchev–Trinajstić information content (AvgIpc) is 3.05. The summed E-state index contributed by atoms with van der Waals surface area (Å²) in [6, 6.07) is 0.0291. The minimum atomic E-state index is -0.498. The first-order valence-electron chi connectivity index (χ1n) is 9.90. The number of alkyl carbamates (subject to hydrolysis) is 1. The molecule has 1 aromatic heterocycles. The van der Waals surface area contributed by atoms with E-state index in [1.165, 1.54) is 4.88 Å². The predicted octanol–water partition coefficient (Wildman–Crippen LogP) is 3.65. The Morgan fingerprint density at radius 2 is 2.07 bits per heavy atom. The number of hydrogen-bond donors (Lipinski definition) is 2. The van der Waals surface area contributed by atoms with E-state index in [4.69, 9.17) is 4.74 Å². The molecule has 0 aliphatic rings. The second-order valence-corrected chi connectivity index (χ2v) is 9.38. The van der Waals surface area contributed by atoms with Gasteiger partial charge >= 0.3 is 6.09 Å². The van der Waals surface area contributed by atoms with Gasteiger partial charge in [-0.25, -0.2) is 9.78 Å². The molecule has 2 N–H and O–H groups in total. The van der Waals surface area contributed by atoms with E-state index < -0.39 is 5.60 Å². The van der Waals surface area contributed by atoms with Gasteiger partial charge in [0, 0.05) is 37.8 Å². The SMILES string of the molecule is CCc1cnc(CNC(=NC)N(C)CCC(NC(=O)OC(C)(C)C)C(C)C)s1. The Kier molecular flexibility index (Phi) is 9.72. The number of carbonyl (C=O) groups excluding carboxylic acids is 1. The lowest BCUT2D eigenvalue weighted by atomic mass is 10.0. The number of rotatable bonds is 8. The monoisotopic (exact) mass is 411 g/mol. The highest BCUT2D eigenvalue weighted by molar-refractivity contribution is 7.11. The van der Waals surface area contributed by atoms with Crippen molar-refractivity contribution in [1.82, 2.24) is 20.5 Å². The quantitative estimate of drug-likeness (QED) is 0.504. The van der Waals surface area contributed by atoms with E-state index in [2.05, 4.69) is 46.3 Å². The molecule has 1 atom stereocenters. The number of aliphatic imine (C=N–C) groups is 1. The summed E-state index contributed by atoms with van der Waals surface area (Å²) in [6.07, 6.45) is 3.37. The van der Waals surface area contributed by atoms with Gasteiger partial charge in [0.1, 0.15) is 10.6 Å². The van der Waals surface area contributed by atoms with Gasteiger partial charge in [-0.15, -0.1) is 11.3 Å².